The molecule has 8 heteroatoms. The number of aliphatic carboxylic acids is 1. The van der Waals surface area contributed by atoms with Crippen LogP contribution in [0.5, 0.6) is 0 Å². The molecule has 0 fully saturated rings. The van der Waals surface area contributed by atoms with Crippen molar-refractivity contribution in [2.75, 3.05) is 0 Å². The van der Waals surface area contributed by atoms with Gasteiger partial charge in [-0.25, -0.2) is 4.79 Å². The number of carbonyl (C=O) groups is 4. The Kier molecular flexibility index (Phi) is 5.41. The molecule has 0 bridgehead atoms. The molecule has 1 atom stereocenters. The zero-order chi connectivity index (χ0) is 16.0. The predicted molar refractivity (Wildman–Crippen MR) is 70.7 cm³/mol. The highest BCUT2D eigenvalue weighted by molar-refractivity contribution is 6.05. The molecule has 0 heterocycles. The van der Waals surface area contributed by atoms with Gasteiger partial charge in [0.2, 0.25) is 5.91 Å². The van der Waals surface area contributed by atoms with Gasteiger partial charge < -0.3 is 21.3 Å². The van der Waals surface area contributed by atoms with Crippen molar-refractivity contribution in [1.82, 2.24) is 5.32 Å². The highest BCUT2D eigenvalue weighted by Gasteiger charge is 2.22. The normalized spacial score (nSPS) is 11.4. The number of carboxylic acids is 2. The summed E-state index contributed by atoms with van der Waals surface area (Å²) < 4.78 is 0. The molecular weight excluding hydrogens is 280 g/mol. The van der Waals surface area contributed by atoms with Crippen LogP contribution in [0.2, 0.25) is 0 Å². The molecule has 1 rings (SSSR count). The fourth-order valence-electron chi connectivity index (χ4n) is 1.66. The predicted octanol–water partition coefficient (Wildman–Crippen LogP) is -0.167. The van der Waals surface area contributed by atoms with Gasteiger partial charge >= 0.3 is 11.9 Å². The van der Waals surface area contributed by atoms with Crippen LogP contribution >= 0.6 is 0 Å². The molecule has 2 amide bonds. The van der Waals surface area contributed by atoms with Crippen molar-refractivity contribution in [1.29, 1.82) is 0 Å². The second kappa shape index (κ2) is 7.04. The van der Waals surface area contributed by atoms with E-state index in [0.717, 1.165) is 0 Å². The van der Waals surface area contributed by atoms with Gasteiger partial charge in [-0.15, -0.1) is 0 Å². The fourth-order valence-corrected chi connectivity index (χ4v) is 1.66. The first-order chi connectivity index (χ1) is 9.82. The van der Waals surface area contributed by atoms with E-state index in [9.17, 15) is 19.2 Å². The number of amides is 2. The number of hydrogen-bond acceptors (Lipinski definition) is 4. The molecule has 0 aliphatic heterocycles. The minimum absolute atomic E-state index is 0.133. The van der Waals surface area contributed by atoms with Crippen LogP contribution in [0.4, 0.5) is 0 Å². The Labute approximate surface area is 119 Å². The van der Waals surface area contributed by atoms with Crippen molar-refractivity contribution in [2.24, 2.45) is 5.73 Å². The van der Waals surface area contributed by atoms with Gasteiger partial charge in [0.25, 0.3) is 5.91 Å². The Hall–Kier alpha value is -2.90. The van der Waals surface area contributed by atoms with E-state index < -0.39 is 29.8 Å². The number of aromatic carboxylic acids is 1. The van der Waals surface area contributed by atoms with Gasteiger partial charge in [0.1, 0.15) is 6.04 Å². The van der Waals surface area contributed by atoms with Crippen LogP contribution in [0.3, 0.4) is 0 Å². The number of hydrogen-bond donors (Lipinski definition) is 4. The molecule has 0 aliphatic carbocycles. The van der Waals surface area contributed by atoms with Crippen molar-refractivity contribution in [3.8, 4) is 0 Å². The third kappa shape index (κ3) is 4.60. The van der Waals surface area contributed by atoms with E-state index in [1.165, 1.54) is 24.3 Å². The van der Waals surface area contributed by atoms with Crippen molar-refractivity contribution >= 4 is 23.8 Å². The van der Waals surface area contributed by atoms with Crippen LogP contribution in [-0.4, -0.2) is 40.0 Å². The maximum Gasteiger partial charge on any atom is 0.336 e. The fraction of sp³-hybridized carbons (Fsp3) is 0.231. The van der Waals surface area contributed by atoms with Crippen molar-refractivity contribution in [2.45, 2.75) is 18.9 Å². The number of carbonyl (C=O) groups excluding carboxylic acids is 2. The standard InChI is InChI=1S/C13H14N2O6/c14-11(18)9(5-6-10(16)17)15-12(19)7-3-1-2-4-8(7)13(20)21/h1-4,9H,5-6H2,(H2,14,18)(H,15,19)(H,16,17)(H,20,21)/t9-/m0/s1. The quantitative estimate of drug-likeness (QED) is 0.549. The molecule has 112 valence electrons. The zero-order valence-electron chi connectivity index (χ0n) is 10.9. The van der Waals surface area contributed by atoms with Crippen molar-refractivity contribution in [3.63, 3.8) is 0 Å². The maximum absolute atomic E-state index is 12.0. The Morgan fingerprint density at radius 1 is 1.10 bits per heavy atom. The van der Waals surface area contributed by atoms with Gasteiger partial charge in [-0.2, -0.15) is 0 Å². The molecule has 5 N–H and O–H groups in total. The summed E-state index contributed by atoms with van der Waals surface area (Å²) in [5.41, 5.74) is 4.73. The van der Waals surface area contributed by atoms with Gasteiger partial charge in [-0.1, -0.05) is 12.1 Å². The van der Waals surface area contributed by atoms with E-state index in [4.69, 9.17) is 15.9 Å². The first-order valence-corrected chi connectivity index (χ1v) is 5.97. The zero-order valence-corrected chi connectivity index (χ0v) is 10.9. The lowest BCUT2D eigenvalue weighted by atomic mass is 10.1. The van der Waals surface area contributed by atoms with Crippen LogP contribution in [0.25, 0.3) is 0 Å². The van der Waals surface area contributed by atoms with E-state index in [0.29, 0.717) is 0 Å². The van der Waals surface area contributed by atoms with E-state index in [1.807, 2.05) is 0 Å². The molecule has 0 aromatic heterocycles. The second-order valence-corrected chi connectivity index (χ2v) is 4.21. The molecule has 21 heavy (non-hydrogen) atoms. The molecule has 0 spiro atoms. The summed E-state index contributed by atoms with van der Waals surface area (Å²) in [6.45, 7) is 0. The molecule has 0 saturated heterocycles. The van der Waals surface area contributed by atoms with Crippen molar-refractivity contribution in [3.05, 3.63) is 35.4 Å². The van der Waals surface area contributed by atoms with Crippen LogP contribution in [0.1, 0.15) is 33.6 Å². The summed E-state index contributed by atoms with van der Waals surface area (Å²) in [7, 11) is 0. The number of benzene rings is 1. The second-order valence-electron chi connectivity index (χ2n) is 4.21. The molecule has 0 unspecified atom stereocenters. The first-order valence-electron chi connectivity index (χ1n) is 5.97. The van der Waals surface area contributed by atoms with Gasteiger partial charge in [0.05, 0.1) is 11.1 Å². The van der Waals surface area contributed by atoms with Crippen LogP contribution in [0.15, 0.2) is 24.3 Å². The minimum Gasteiger partial charge on any atom is -0.481 e. The number of rotatable bonds is 7. The topological polar surface area (TPSA) is 147 Å². The SMILES string of the molecule is NC(=O)[C@H](CCC(=O)O)NC(=O)c1ccccc1C(=O)O. The monoisotopic (exact) mass is 294 g/mol. The average Bonchev–Trinajstić information content (AvgIpc) is 2.42. The molecule has 0 saturated carbocycles. The lowest BCUT2D eigenvalue weighted by molar-refractivity contribution is -0.137. The lowest BCUT2D eigenvalue weighted by Gasteiger charge is -2.15. The Morgan fingerprint density at radius 2 is 1.67 bits per heavy atom. The lowest BCUT2D eigenvalue weighted by Crippen LogP contribution is -2.45. The first kappa shape index (κ1) is 16.2. The van der Waals surface area contributed by atoms with E-state index in [-0.39, 0.29) is 24.0 Å². The number of primary amides is 1. The molecule has 0 radical (unpaired) electrons. The maximum atomic E-state index is 12.0. The summed E-state index contributed by atoms with van der Waals surface area (Å²) in [5, 5.41) is 19.8. The summed E-state index contributed by atoms with van der Waals surface area (Å²) >= 11 is 0. The molecular formula is C13H14N2O6. The number of carboxylic acid groups (broad SMARTS) is 2. The summed E-state index contributed by atoms with van der Waals surface area (Å²) in [4.78, 5) is 44.7. The molecule has 1 aromatic rings. The molecule has 8 nitrogen and oxygen atoms in total. The Morgan fingerprint density at radius 3 is 2.14 bits per heavy atom. The minimum atomic E-state index is -1.29. The average molecular weight is 294 g/mol. The van der Waals surface area contributed by atoms with E-state index in [1.54, 1.807) is 0 Å². The summed E-state index contributed by atoms with van der Waals surface area (Å²) in [6, 6.07) is 4.27. The summed E-state index contributed by atoms with van der Waals surface area (Å²) in [5.74, 6) is -4.12. The van der Waals surface area contributed by atoms with Gasteiger partial charge in [0.15, 0.2) is 0 Å². The van der Waals surface area contributed by atoms with Crippen LogP contribution < -0.4 is 11.1 Å². The Balaban J connectivity index is 2.90. The summed E-state index contributed by atoms with van der Waals surface area (Å²) in [6.07, 6.45) is -0.528. The van der Waals surface area contributed by atoms with Gasteiger partial charge in [0, 0.05) is 6.42 Å². The largest absolute Gasteiger partial charge is 0.481 e. The van der Waals surface area contributed by atoms with E-state index in [2.05, 4.69) is 5.32 Å². The Bertz CT molecular complexity index is 584. The third-order valence-corrected chi connectivity index (χ3v) is 2.70. The van der Waals surface area contributed by atoms with Gasteiger partial charge in [-0.3, -0.25) is 14.4 Å². The third-order valence-electron chi connectivity index (χ3n) is 2.70. The van der Waals surface area contributed by atoms with Crippen LogP contribution in [-0.2, 0) is 9.59 Å². The molecule has 1 aromatic carbocycles. The molecule has 0 aliphatic rings. The van der Waals surface area contributed by atoms with Crippen LogP contribution in [0, 0.1) is 0 Å². The van der Waals surface area contributed by atoms with Crippen molar-refractivity contribution < 1.29 is 29.4 Å². The highest BCUT2D eigenvalue weighted by atomic mass is 16.4. The number of nitrogens with two attached hydrogens (primary N) is 1. The van der Waals surface area contributed by atoms with E-state index >= 15 is 0 Å². The highest BCUT2D eigenvalue weighted by Crippen LogP contribution is 2.09. The van der Waals surface area contributed by atoms with Gasteiger partial charge in [-0.05, 0) is 18.6 Å². The smallest absolute Gasteiger partial charge is 0.336 e. The number of nitrogens with one attached hydrogen (secondary N) is 1.